The Morgan fingerprint density at radius 3 is 2.23 bits per heavy atom. The minimum atomic E-state index is -0.658. The van der Waals surface area contributed by atoms with Gasteiger partial charge in [0.25, 0.3) is 17.4 Å². The number of carbonyl (C=O) groups excluding carboxylic acids is 3. The summed E-state index contributed by atoms with van der Waals surface area (Å²) in [4.78, 5) is 55.5. The van der Waals surface area contributed by atoms with Crippen molar-refractivity contribution >= 4 is 57.1 Å². The van der Waals surface area contributed by atoms with E-state index in [2.05, 4.69) is 15.6 Å². The number of hydrogen-bond acceptors (Lipinski definition) is 7. The second kappa shape index (κ2) is 10.1. The van der Waals surface area contributed by atoms with E-state index in [0.29, 0.717) is 27.7 Å². The average Bonchev–Trinajstić information content (AvgIpc) is 3.21. The maximum atomic E-state index is 13.2. The molecule has 0 saturated heterocycles. The molecule has 0 aliphatic carbocycles. The maximum absolute atomic E-state index is 13.2. The van der Waals surface area contributed by atoms with Crippen molar-refractivity contribution in [3.63, 3.8) is 0 Å². The van der Waals surface area contributed by atoms with Crippen LogP contribution < -0.4 is 16.2 Å². The number of fused-ring (bicyclic) bond motifs is 1. The van der Waals surface area contributed by atoms with Crippen molar-refractivity contribution in [2.75, 3.05) is 17.2 Å². The van der Waals surface area contributed by atoms with Gasteiger partial charge in [-0.1, -0.05) is 22.9 Å². The Kier molecular flexibility index (Phi) is 6.94. The molecule has 11 heteroatoms. The van der Waals surface area contributed by atoms with Crippen LogP contribution in [0.2, 0.25) is 5.02 Å². The van der Waals surface area contributed by atoms with Gasteiger partial charge in [-0.05, 0) is 62.4 Å². The summed E-state index contributed by atoms with van der Waals surface area (Å²) in [6.07, 6.45) is 0. The normalized spacial score (nSPS) is 10.7. The van der Waals surface area contributed by atoms with Crippen LogP contribution in [0.25, 0.3) is 4.96 Å². The van der Waals surface area contributed by atoms with E-state index in [1.807, 2.05) is 0 Å². The minimum absolute atomic E-state index is 0.00105. The zero-order chi connectivity index (χ0) is 25.1. The number of anilines is 2. The predicted molar refractivity (Wildman–Crippen MR) is 134 cm³/mol. The first kappa shape index (κ1) is 24.1. The van der Waals surface area contributed by atoms with Gasteiger partial charge in [-0.25, -0.2) is 14.2 Å². The SMILES string of the molecule is CCOC(=O)c1ccc(NC(=O)c2sc3nc(C)cc(=O)n3c2C(=O)Nc2ccc(Cl)cc2)cc1. The molecule has 2 aromatic carbocycles. The molecule has 2 heterocycles. The molecule has 0 spiro atoms. The Morgan fingerprint density at radius 2 is 1.60 bits per heavy atom. The number of thiazole rings is 1. The molecule has 9 nitrogen and oxygen atoms in total. The number of amides is 2. The average molecular weight is 511 g/mol. The molecule has 0 unspecified atom stereocenters. The highest BCUT2D eigenvalue weighted by molar-refractivity contribution is 7.19. The van der Waals surface area contributed by atoms with Gasteiger partial charge in [0.1, 0.15) is 10.6 Å². The van der Waals surface area contributed by atoms with E-state index in [-0.39, 0.29) is 22.1 Å². The van der Waals surface area contributed by atoms with Crippen molar-refractivity contribution in [1.29, 1.82) is 0 Å². The highest BCUT2D eigenvalue weighted by Crippen LogP contribution is 2.24. The van der Waals surface area contributed by atoms with E-state index < -0.39 is 23.3 Å². The zero-order valence-electron chi connectivity index (χ0n) is 18.6. The summed E-state index contributed by atoms with van der Waals surface area (Å²) in [5.41, 5.74) is 0.998. The van der Waals surface area contributed by atoms with Gasteiger partial charge in [0, 0.05) is 28.2 Å². The lowest BCUT2D eigenvalue weighted by Gasteiger charge is -2.09. The third kappa shape index (κ3) is 5.23. The lowest BCUT2D eigenvalue weighted by atomic mass is 10.2. The molecule has 0 bridgehead atoms. The van der Waals surface area contributed by atoms with Crippen LogP contribution in [-0.2, 0) is 4.74 Å². The first-order valence-electron chi connectivity index (χ1n) is 10.5. The molecule has 0 aliphatic rings. The van der Waals surface area contributed by atoms with Crippen LogP contribution in [0, 0.1) is 6.92 Å². The summed E-state index contributed by atoms with van der Waals surface area (Å²) in [5, 5.41) is 5.88. The summed E-state index contributed by atoms with van der Waals surface area (Å²) in [6, 6.07) is 13.8. The number of halogens is 1. The van der Waals surface area contributed by atoms with Crippen molar-refractivity contribution in [1.82, 2.24) is 9.38 Å². The van der Waals surface area contributed by atoms with Gasteiger partial charge in [0.2, 0.25) is 0 Å². The molecule has 2 N–H and O–H groups in total. The molecule has 0 aliphatic heterocycles. The smallest absolute Gasteiger partial charge is 0.338 e. The number of nitrogens with zero attached hydrogens (tertiary/aromatic N) is 2. The third-order valence-corrected chi connectivity index (χ3v) is 6.12. The minimum Gasteiger partial charge on any atom is -0.462 e. The summed E-state index contributed by atoms with van der Waals surface area (Å²) in [7, 11) is 0. The second-order valence-electron chi connectivity index (χ2n) is 7.35. The van der Waals surface area contributed by atoms with E-state index in [1.165, 1.54) is 18.2 Å². The van der Waals surface area contributed by atoms with Gasteiger partial charge in [-0.15, -0.1) is 0 Å². The molecule has 0 fully saturated rings. The summed E-state index contributed by atoms with van der Waals surface area (Å²) in [6.45, 7) is 3.61. The van der Waals surface area contributed by atoms with Crippen LogP contribution in [0.5, 0.6) is 0 Å². The number of hydrogen-bond donors (Lipinski definition) is 2. The quantitative estimate of drug-likeness (QED) is 0.371. The number of rotatable bonds is 6. The number of benzene rings is 2. The number of aromatic nitrogens is 2. The molecule has 2 aromatic heterocycles. The van der Waals surface area contributed by atoms with Crippen molar-refractivity contribution < 1.29 is 19.1 Å². The van der Waals surface area contributed by atoms with Gasteiger partial charge in [-0.3, -0.25) is 14.4 Å². The number of ether oxygens (including phenoxy) is 1. The molecule has 0 radical (unpaired) electrons. The van der Waals surface area contributed by atoms with E-state index in [9.17, 15) is 19.2 Å². The highest BCUT2D eigenvalue weighted by atomic mass is 35.5. The number of aryl methyl sites for hydroxylation is 1. The molecular formula is C24H19ClN4O5S. The lowest BCUT2D eigenvalue weighted by Crippen LogP contribution is -2.25. The van der Waals surface area contributed by atoms with E-state index in [1.54, 1.807) is 50.2 Å². The van der Waals surface area contributed by atoms with Crippen LogP contribution in [0.15, 0.2) is 59.4 Å². The van der Waals surface area contributed by atoms with E-state index >= 15 is 0 Å². The van der Waals surface area contributed by atoms with E-state index in [0.717, 1.165) is 15.7 Å². The number of carbonyl (C=O) groups is 3. The van der Waals surface area contributed by atoms with Crippen LogP contribution in [0.4, 0.5) is 11.4 Å². The summed E-state index contributed by atoms with van der Waals surface area (Å²) in [5.74, 6) is -1.74. The zero-order valence-corrected chi connectivity index (χ0v) is 20.2. The monoisotopic (exact) mass is 510 g/mol. The number of nitrogens with one attached hydrogen (secondary N) is 2. The predicted octanol–water partition coefficient (Wildman–Crippen LogP) is 4.40. The first-order chi connectivity index (χ1) is 16.8. The Hall–Kier alpha value is -4.02. The summed E-state index contributed by atoms with van der Waals surface area (Å²) >= 11 is 6.82. The topological polar surface area (TPSA) is 119 Å². The Balaban J connectivity index is 1.69. The molecule has 0 atom stereocenters. The molecule has 0 saturated carbocycles. The standard InChI is InChI=1S/C24H19ClN4O5S/c1-3-34-23(33)14-4-8-16(9-5-14)28-22(32)20-19(21(31)27-17-10-6-15(25)7-11-17)29-18(30)12-13(2)26-24(29)35-20/h4-12H,3H2,1-2H3,(H,27,31)(H,28,32). The van der Waals surface area contributed by atoms with Gasteiger partial charge in [-0.2, -0.15) is 0 Å². The Labute approximate surface area is 208 Å². The van der Waals surface area contributed by atoms with Crippen molar-refractivity contribution in [3.8, 4) is 0 Å². The Bertz CT molecular complexity index is 1490. The lowest BCUT2D eigenvalue weighted by molar-refractivity contribution is 0.0526. The fraction of sp³-hybridized carbons (Fsp3) is 0.125. The van der Waals surface area contributed by atoms with Crippen molar-refractivity contribution in [2.45, 2.75) is 13.8 Å². The van der Waals surface area contributed by atoms with Gasteiger partial charge in [0.15, 0.2) is 4.96 Å². The van der Waals surface area contributed by atoms with Crippen molar-refractivity contribution in [3.05, 3.63) is 91.8 Å². The highest BCUT2D eigenvalue weighted by Gasteiger charge is 2.26. The van der Waals surface area contributed by atoms with Crippen LogP contribution in [0.1, 0.15) is 43.1 Å². The maximum Gasteiger partial charge on any atom is 0.338 e. The van der Waals surface area contributed by atoms with Gasteiger partial charge < -0.3 is 15.4 Å². The molecule has 35 heavy (non-hydrogen) atoms. The van der Waals surface area contributed by atoms with Crippen LogP contribution in [-0.4, -0.2) is 33.8 Å². The molecule has 4 aromatic rings. The molecule has 4 rings (SSSR count). The van der Waals surface area contributed by atoms with Gasteiger partial charge >= 0.3 is 5.97 Å². The third-order valence-electron chi connectivity index (χ3n) is 4.83. The van der Waals surface area contributed by atoms with Gasteiger partial charge in [0.05, 0.1) is 12.2 Å². The Morgan fingerprint density at radius 1 is 1.00 bits per heavy atom. The van der Waals surface area contributed by atoms with Crippen molar-refractivity contribution in [2.24, 2.45) is 0 Å². The summed E-state index contributed by atoms with van der Waals surface area (Å²) < 4.78 is 6.07. The first-order valence-corrected chi connectivity index (χ1v) is 11.6. The van der Waals surface area contributed by atoms with Crippen LogP contribution >= 0.6 is 22.9 Å². The molecule has 2 amide bonds. The van der Waals surface area contributed by atoms with Crippen LogP contribution in [0.3, 0.4) is 0 Å². The molecular weight excluding hydrogens is 492 g/mol. The largest absolute Gasteiger partial charge is 0.462 e. The second-order valence-corrected chi connectivity index (χ2v) is 8.76. The molecule has 178 valence electrons. The fourth-order valence-electron chi connectivity index (χ4n) is 3.26. The number of esters is 1. The fourth-order valence-corrected chi connectivity index (χ4v) is 4.46. The van der Waals surface area contributed by atoms with E-state index in [4.69, 9.17) is 16.3 Å².